The Balaban J connectivity index is 1.20. The number of aryl methyl sites for hydroxylation is 2. The molecular weight excluding hydrogens is 769 g/mol. The fourth-order valence-corrected chi connectivity index (χ4v) is 10.7. The van der Waals surface area contributed by atoms with Crippen molar-refractivity contribution in [2.45, 2.75) is 133 Å². The van der Waals surface area contributed by atoms with Crippen molar-refractivity contribution in [1.29, 1.82) is 0 Å². The van der Waals surface area contributed by atoms with Crippen molar-refractivity contribution >= 4 is 48.3 Å². The average molecular weight is 827 g/mol. The van der Waals surface area contributed by atoms with Crippen molar-refractivity contribution in [3.05, 3.63) is 119 Å². The highest BCUT2D eigenvalue weighted by Crippen LogP contribution is 2.34. The van der Waals surface area contributed by atoms with Crippen LogP contribution in [0.3, 0.4) is 0 Å². The van der Waals surface area contributed by atoms with E-state index in [0.717, 1.165) is 30.4 Å². The molecule has 0 radical (unpaired) electrons. The Morgan fingerprint density at radius 1 is 0.586 bits per heavy atom. The van der Waals surface area contributed by atoms with E-state index in [0.29, 0.717) is 26.8 Å². The molecule has 1 amide bonds. The smallest absolute Gasteiger partial charge is 0.344 e. The lowest BCUT2D eigenvalue weighted by molar-refractivity contribution is -0.116. The molecule has 0 aliphatic rings. The average Bonchev–Trinajstić information content (AvgIpc) is 3.20. The third kappa shape index (κ3) is 12.1. The number of nitrogens with zero attached hydrogens (tertiary/aromatic N) is 1. The molecule has 11 heteroatoms. The third-order valence-electron chi connectivity index (χ3n) is 10.5. The van der Waals surface area contributed by atoms with E-state index in [1.165, 1.54) is 120 Å². The lowest BCUT2D eigenvalue weighted by Crippen LogP contribution is -2.37. The predicted molar refractivity (Wildman–Crippen MR) is 235 cm³/mol. The SMILES string of the molecule is CCCCCCCCCCCCCCCCCC(=O)Nc1ccc(-c2cc3cc(N(S(=O)(=O)c4ccc(C)cc4)S(=O)(=O)c4ccc(C)cc4)ccc3oc2=O)cc1. The second-order valence-corrected chi connectivity index (χ2v) is 19.1. The Bertz CT molecular complexity index is 2300. The van der Waals surface area contributed by atoms with Crippen LogP contribution in [-0.2, 0) is 24.8 Å². The Morgan fingerprint density at radius 2 is 1.05 bits per heavy atom. The van der Waals surface area contributed by atoms with Crippen molar-refractivity contribution in [2.24, 2.45) is 0 Å². The summed E-state index contributed by atoms with van der Waals surface area (Å²) in [6.07, 6.45) is 19.4. The van der Waals surface area contributed by atoms with E-state index in [1.807, 2.05) is 0 Å². The number of fused-ring (bicyclic) bond motifs is 1. The minimum Gasteiger partial charge on any atom is -0.422 e. The van der Waals surface area contributed by atoms with Crippen LogP contribution in [0.2, 0.25) is 0 Å². The maximum absolute atomic E-state index is 14.1. The molecule has 0 aliphatic heterocycles. The fourth-order valence-electron chi connectivity index (χ4n) is 7.06. The van der Waals surface area contributed by atoms with Gasteiger partial charge < -0.3 is 9.73 Å². The summed E-state index contributed by atoms with van der Waals surface area (Å²) in [5.41, 5.74) is 2.30. The molecule has 5 aromatic rings. The quantitative estimate of drug-likeness (QED) is 0.0512. The first-order valence-electron chi connectivity index (χ1n) is 20.8. The number of benzene rings is 4. The van der Waals surface area contributed by atoms with Crippen LogP contribution in [-0.4, -0.2) is 22.7 Å². The van der Waals surface area contributed by atoms with Gasteiger partial charge in [-0.3, -0.25) is 4.79 Å². The molecule has 1 N–H and O–H groups in total. The Labute approximate surface area is 345 Å². The molecular formula is C47H58N2O7S2. The van der Waals surface area contributed by atoms with Crippen LogP contribution in [0.25, 0.3) is 22.1 Å². The summed E-state index contributed by atoms with van der Waals surface area (Å²) in [5, 5.41) is 3.25. The molecule has 0 saturated heterocycles. The molecule has 0 bridgehead atoms. The van der Waals surface area contributed by atoms with Gasteiger partial charge in [-0.15, -0.1) is 0 Å². The number of unbranched alkanes of at least 4 members (excludes halogenated alkanes) is 14. The summed E-state index contributed by atoms with van der Waals surface area (Å²) in [4.78, 5) is 25.4. The topological polar surface area (TPSA) is 131 Å². The van der Waals surface area contributed by atoms with E-state index in [-0.39, 0.29) is 32.5 Å². The molecule has 1 heterocycles. The highest BCUT2D eigenvalue weighted by Gasteiger charge is 2.37. The van der Waals surface area contributed by atoms with Gasteiger partial charge >= 0.3 is 5.63 Å². The monoisotopic (exact) mass is 826 g/mol. The van der Waals surface area contributed by atoms with E-state index in [1.54, 1.807) is 68.4 Å². The first kappa shape index (κ1) is 44.4. The zero-order valence-corrected chi connectivity index (χ0v) is 35.8. The van der Waals surface area contributed by atoms with E-state index in [9.17, 15) is 26.4 Å². The lowest BCUT2D eigenvalue weighted by atomic mass is 10.0. The zero-order valence-electron chi connectivity index (χ0n) is 34.2. The van der Waals surface area contributed by atoms with Crippen molar-refractivity contribution in [2.75, 3.05) is 9.03 Å². The van der Waals surface area contributed by atoms with Gasteiger partial charge in [-0.1, -0.05) is 144 Å². The van der Waals surface area contributed by atoms with Gasteiger partial charge in [0.25, 0.3) is 20.0 Å². The van der Waals surface area contributed by atoms with Crippen LogP contribution >= 0.6 is 0 Å². The van der Waals surface area contributed by atoms with Crippen molar-refractivity contribution < 1.29 is 26.0 Å². The first-order chi connectivity index (χ1) is 27.9. The number of carbonyl (C=O) groups excluding carboxylic acids is 1. The van der Waals surface area contributed by atoms with Gasteiger partial charge in [0.1, 0.15) is 5.58 Å². The molecule has 310 valence electrons. The Morgan fingerprint density at radius 3 is 1.53 bits per heavy atom. The fraction of sp³-hybridized carbons (Fsp3) is 0.404. The van der Waals surface area contributed by atoms with Gasteiger partial charge in [-0.25, -0.2) is 21.6 Å². The number of anilines is 2. The highest BCUT2D eigenvalue weighted by atomic mass is 32.3. The van der Waals surface area contributed by atoms with Gasteiger partial charge in [-0.2, -0.15) is 3.71 Å². The highest BCUT2D eigenvalue weighted by molar-refractivity contribution is 8.10. The van der Waals surface area contributed by atoms with E-state index >= 15 is 0 Å². The molecule has 58 heavy (non-hydrogen) atoms. The number of carbonyl (C=O) groups is 1. The van der Waals surface area contributed by atoms with Crippen LogP contribution in [0.1, 0.15) is 121 Å². The van der Waals surface area contributed by atoms with Crippen LogP contribution in [0, 0.1) is 13.8 Å². The molecule has 0 unspecified atom stereocenters. The van der Waals surface area contributed by atoms with Crippen molar-refractivity contribution in [3.8, 4) is 11.1 Å². The van der Waals surface area contributed by atoms with Gasteiger partial charge in [0.15, 0.2) is 0 Å². The van der Waals surface area contributed by atoms with Gasteiger partial charge in [-0.05, 0) is 86.5 Å². The van der Waals surface area contributed by atoms with Gasteiger partial charge in [0.2, 0.25) is 5.91 Å². The summed E-state index contributed by atoms with van der Waals surface area (Å²) in [6.45, 7) is 5.86. The van der Waals surface area contributed by atoms with E-state index < -0.39 is 25.7 Å². The summed E-state index contributed by atoms with van der Waals surface area (Å²) in [5.74, 6) is -0.0640. The van der Waals surface area contributed by atoms with Crippen LogP contribution in [0.5, 0.6) is 0 Å². The minimum absolute atomic E-state index is 0.0640. The number of nitrogens with one attached hydrogen (secondary N) is 1. The second kappa shape index (κ2) is 21.3. The Hall–Kier alpha value is -4.74. The molecule has 4 aromatic carbocycles. The van der Waals surface area contributed by atoms with E-state index in [4.69, 9.17) is 4.42 Å². The molecule has 0 spiro atoms. The van der Waals surface area contributed by atoms with Crippen LogP contribution < -0.4 is 14.7 Å². The van der Waals surface area contributed by atoms with Crippen molar-refractivity contribution in [3.63, 3.8) is 0 Å². The maximum atomic E-state index is 14.1. The van der Waals surface area contributed by atoms with Gasteiger partial charge in [0.05, 0.1) is 21.0 Å². The standard InChI is InChI=1S/C47H58N2O7S2/c1-4-5-6-7-8-9-10-11-12-13-14-15-16-17-18-19-46(50)48-40-26-24-38(25-27-40)44-35-39-34-41(28-33-45(39)56-47(44)51)49(57(52,53)42-29-20-36(2)21-30-42)58(54,55)43-31-22-37(3)23-32-43/h20-35H,4-19H2,1-3H3,(H,48,50). The maximum Gasteiger partial charge on any atom is 0.344 e. The summed E-state index contributed by atoms with van der Waals surface area (Å²) >= 11 is 0. The third-order valence-corrected chi connectivity index (χ3v) is 14.7. The Kier molecular flexibility index (Phi) is 16.3. The summed E-state index contributed by atoms with van der Waals surface area (Å²) < 4.78 is 62.6. The number of hydrogen-bond acceptors (Lipinski definition) is 7. The molecule has 1 aromatic heterocycles. The number of sulfonamides is 2. The van der Waals surface area contributed by atoms with Crippen LogP contribution in [0.4, 0.5) is 11.4 Å². The zero-order chi connectivity index (χ0) is 41.5. The summed E-state index contributed by atoms with van der Waals surface area (Å²) in [6, 6.07) is 24.3. The van der Waals surface area contributed by atoms with Crippen LogP contribution in [0.15, 0.2) is 116 Å². The summed E-state index contributed by atoms with van der Waals surface area (Å²) in [7, 11) is -9.28. The molecule has 0 saturated carbocycles. The minimum atomic E-state index is -4.64. The lowest BCUT2D eigenvalue weighted by Gasteiger charge is -2.24. The predicted octanol–water partition coefficient (Wildman–Crippen LogP) is 11.9. The molecule has 0 fully saturated rings. The number of hydrogen-bond donors (Lipinski definition) is 1. The molecule has 5 rings (SSSR count). The van der Waals surface area contributed by atoms with E-state index in [2.05, 4.69) is 12.2 Å². The largest absolute Gasteiger partial charge is 0.422 e. The van der Waals surface area contributed by atoms with Gasteiger partial charge in [0, 0.05) is 17.5 Å². The number of amides is 1. The first-order valence-corrected chi connectivity index (χ1v) is 23.7. The molecule has 9 nitrogen and oxygen atoms in total. The normalized spacial score (nSPS) is 11.8. The molecule has 0 aliphatic carbocycles. The number of rotatable bonds is 23. The van der Waals surface area contributed by atoms with Crippen molar-refractivity contribution in [1.82, 2.24) is 0 Å². The molecule has 0 atom stereocenters. The second-order valence-electron chi connectivity index (χ2n) is 15.3.